The van der Waals surface area contributed by atoms with Crippen molar-refractivity contribution in [1.82, 2.24) is 0 Å². The highest BCUT2D eigenvalue weighted by Crippen LogP contribution is 2.27. The lowest BCUT2D eigenvalue weighted by Crippen LogP contribution is -1.92. The lowest BCUT2D eigenvalue weighted by molar-refractivity contribution is 0.415. The average Bonchev–Trinajstić information content (AvgIpc) is 2.49. The molecule has 2 aromatic carbocycles. The largest absolute Gasteiger partial charge is 0.497 e. The summed E-state index contributed by atoms with van der Waals surface area (Å²) >= 11 is 0. The lowest BCUT2D eigenvalue weighted by Gasteiger charge is -2.10. The first-order chi connectivity index (χ1) is 9.26. The molecule has 0 radical (unpaired) electrons. The van der Waals surface area contributed by atoms with Crippen LogP contribution in [0.2, 0.25) is 0 Å². The van der Waals surface area contributed by atoms with E-state index in [0.717, 1.165) is 22.4 Å². The van der Waals surface area contributed by atoms with E-state index < -0.39 is 0 Å². The van der Waals surface area contributed by atoms with Gasteiger partial charge in [0.2, 0.25) is 0 Å². The van der Waals surface area contributed by atoms with E-state index in [0.29, 0.717) is 5.57 Å². The molecule has 0 amide bonds. The average molecular weight is 249 g/mol. The second kappa shape index (κ2) is 5.88. The Labute approximate surface area is 113 Å². The molecule has 0 aliphatic heterocycles. The van der Waals surface area contributed by atoms with Gasteiger partial charge in [-0.3, -0.25) is 0 Å². The van der Waals surface area contributed by atoms with Crippen LogP contribution in [0.4, 0.5) is 0 Å². The van der Waals surface area contributed by atoms with Gasteiger partial charge in [0, 0.05) is 11.1 Å². The topological polar surface area (TPSA) is 33.0 Å². The van der Waals surface area contributed by atoms with Crippen LogP contribution < -0.4 is 4.74 Å². The van der Waals surface area contributed by atoms with E-state index in [1.165, 1.54) is 0 Å². The molecule has 19 heavy (non-hydrogen) atoms. The summed E-state index contributed by atoms with van der Waals surface area (Å²) in [6.07, 6.45) is 0. The molecule has 0 unspecified atom stereocenters. The minimum atomic E-state index is 0.705. The summed E-state index contributed by atoms with van der Waals surface area (Å²) in [5, 5.41) is 9.20. The van der Waals surface area contributed by atoms with E-state index in [1.807, 2.05) is 61.5 Å². The zero-order valence-electron chi connectivity index (χ0n) is 11.1. The van der Waals surface area contributed by atoms with Gasteiger partial charge in [0.05, 0.1) is 13.2 Å². The highest BCUT2D eigenvalue weighted by Gasteiger charge is 2.08. The molecule has 2 nitrogen and oxygen atoms in total. The van der Waals surface area contributed by atoms with E-state index in [4.69, 9.17) is 4.74 Å². The van der Waals surface area contributed by atoms with Gasteiger partial charge in [-0.1, -0.05) is 42.5 Å². The normalized spacial score (nSPS) is 11.4. The summed E-state index contributed by atoms with van der Waals surface area (Å²) in [6, 6.07) is 19.9. The summed E-state index contributed by atoms with van der Waals surface area (Å²) in [7, 11) is 1.64. The Hall–Kier alpha value is -2.53. The molecular formula is C17H15NO. The molecule has 0 fully saturated rings. The van der Waals surface area contributed by atoms with Crippen molar-refractivity contribution >= 4 is 5.57 Å². The van der Waals surface area contributed by atoms with Gasteiger partial charge in [-0.25, -0.2) is 0 Å². The van der Waals surface area contributed by atoms with Crippen LogP contribution in [0.5, 0.6) is 5.75 Å². The second-order valence-corrected chi connectivity index (χ2v) is 4.21. The van der Waals surface area contributed by atoms with Gasteiger partial charge in [0.1, 0.15) is 5.75 Å². The zero-order chi connectivity index (χ0) is 13.7. The lowest BCUT2D eigenvalue weighted by atomic mass is 9.94. The number of hydrogen-bond donors (Lipinski definition) is 0. The summed E-state index contributed by atoms with van der Waals surface area (Å²) in [5.74, 6) is 0.811. The van der Waals surface area contributed by atoms with Crippen LogP contribution in [-0.2, 0) is 0 Å². The van der Waals surface area contributed by atoms with Crippen LogP contribution >= 0.6 is 0 Å². The molecule has 0 aliphatic rings. The van der Waals surface area contributed by atoms with E-state index in [9.17, 15) is 5.26 Å². The minimum absolute atomic E-state index is 0.705. The van der Waals surface area contributed by atoms with Crippen LogP contribution in [-0.4, -0.2) is 7.11 Å². The first kappa shape index (κ1) is 12.9. The van der Waals surface area contributed by atoms with Crippen LogP contribution in [0.15, 0.2) is 60.2 Å². The molecule has 0 aliphatic carbocycles. The molecule has 0 atom stereocenters. The number of nitrogens with zero attached hydrogens (tertiary/aromatic N) is 1. The fourth-order valence-corrected chi connectivity index (χ4v) is 2.02. The number of ether oxygens (including phenoxy) is 1. The Morgan fingerprint density at radius 1 is 0.947 bits per heavy atom. The van der Waals surface area contributed by atoms with Gasteiger partial charge in [-0.15, -0.1) is 0 Å². The molecule has 2 heteroatoms. The Morgan fingerprint density at radius 3 is 2.05 bits per heavy atom. The highest BCUT2D eigenvalue weighted by molar-refractivity contribution is 5.83. The Morgan fingerprint density at radius 2 is 1.53 bits per heavy atom. The smallest absolute Gasteiger partial charge is 0.118 e. The number of methoxy groups -OCH3 is 1. The number of benzene rings is 2. The fraction of sp³-hybridized carbons (Fsp3) is 0.118. The molecule has 0 N–H and O–H groups in total. The quantitative estimate of drug-likeness (QED) is 0.769. The van der Waals surface area contributed by atoms with Crippen LogP contribution in [0, 0.1) is 11.3 Å². The van der Waals surface area contributed by atoms with Crippen LogP contribution in [0.1, 0.15) is 18.1 Å². The van der Waals surface area contributed by atoms with Gasteiger partial charge in [-0.2, -0.15) is 5.26 Å². The van der Waals surface area contributed by atoms with E-state index in [2.05, 4.69) is 6.07 Å². The summed E-state index contributed by atoms with van der Waals surface area (Å²) < 4.78 is 5.16. The summed E-state index contributed by atoms with van der Waals surface area (Å²) in [6.45, 7) is 1.84. The third-order valence-electron chi connectivity index (χ3n) is 2.98. The van der Waals surface area contributed by atoms with Gasteiger partial charge >= 0.3 is 0 Å². The van der Waals surface area contributed by atoms with Crippen molar-refractivity contribution in [2.75, 3.05) is 7.11 Å². The molecule has 0 bridgehead atoms. The van der Waals surface area contributed by atoms with Gasteiger partial charge in [-0.05, 0) is 30.2 Å². The maximum absolute atomic E-state index is 9.20. The minimum Gasteiger partial charge on any atom is -0.497 e. The number of allylic oxidation sites excluding steroid dienone is 1. The highest BCUT2D eigenvalue weighted by atomic mass is 16.5. The van der Waals surface area contributed by atoms with Gasteiger partial charge < -0.3 is 4.74 Å². The van der Waals surface area contributed by atoms with Gasteiger partial charge in [0.25, 0.3) is 0 Å². The molecule has 94 valence electrons. The first-order valence-electron chi connectivity index (χ1n) is 6.07. The summed E-state index contributed by atoms with van der Waals surface area (Å²) in [5.41, 5.74) is 3.74. The standard InChI is InChI=1S/C17H15NO/c1-13(12-18)17(14-6-4-3-5-7-14)15-8-10-16(19-2)11-9-15/h3-11H,1-2H3/b17-13+. The molecule has 2 aromatic rings. The van der Waals surface area contributed by atoms with Crippen molar-refractivity contribution < 1.29 is 4.74 Å². The van der Waals surface area contributed by atoms with Crippen molar-refractivity contribution in [3.05, 3.63) is 71.3 Å². The Bertz CT molecular complexity index is 619. The van der Waals surface area contributed by atoms with Gasteiger partial charge in [0.15, 0.2) is 0 Å². The number of rotatable bonds is 3. The monoisotopic (exact) mass is 249 g/mol. The van der Waals surface area contributed by atoms with Crippen molar-refractivity contribution in [3.63, 3.8) is 0 Å². The molecular weight excluding hydrogens is 234 g/mol. The van der Waals surface area contributed by atoms with E-state index in [1.54, 1.807) is 7.11 Å². The van der Waals surface area contributed by atoms with Crippen molar-refractivity contribution in [2.45, 2.75) is 6.92 Å². The third-order valence-corrected chi connectivity index (χ3v) is 2.98. The van der Waals surface area contributed by atoms with Crippen molar-refractivity contribution in [3.8, 4) is 11.8 Å². The Kier molecular flexibility index (Phi) is 4.00. The molecule has 0 saturated carbocycles. The number of nitriles is 1. The maximum Gasteiger partial charge on any atom is 0.118 e. The fourth-order valence-electron chi connectivity index (χ4n) is 2.02. The predicted molar refractivity (Wildman–Crippen MR) is 76.7 cm³/mol. The molecule has 2 rings (SSSR count). The van der Waals surface area contributed by atoms with E-state index >= 15 is 0 Å². The predicted octanol–water partition coefficient (Wildman–Crippen LogP) is 4.04. The zero-order valence-corrected chi connectivity index (χ0v) is 11.1. The SMILES string of the molecule is COc1ccc(/C(=C(\C)C#N)c2ccccc2)cc1. The van der Waals surface area contributed by atoms with Crippen LogP contribution in [0.3, 0.4) is 0 Å². The first-order valence-corrected chi connectivity index (χ1v) is 6.07. The van der Waals surface area contributed by atoms with Crippen molar-refractivity contribution in [1.29, 1.82) is 5.26 Å². The molecule has 0 spiro atoms. The summed E-state index contributed by atoms with van der Waals surface area (Å²) in [4.78, 5) is 0. The molecule has 0 heterocycles. The third kappa shape index (κ3) is 2.83. The second-order valence-electron chi connectivity index (χ2n) is 4.21. The van der Waals surface area contributed by atoms with E-state index in [-0.39, 0.29) is 0 Å². The number of hydrogen-bond acceptors (Lipinski definition) is 2. The molecule has 0 aromatic heterocycles. The molecule has 0 saturated heterocycles. The van der Waals surface area contributed by atoms with Crippen molar-refractivity contribution in [2.24, 2.45) is 0 Å². The van der Waals surface area contributed by atoms with Crippen LogP contribution in [0.25, 0.3) is 5.57 Å². The Balaban J connectivity index is 2.54. The maximum atomic E-state index is 9.20.